The van der Waals surface area contributed by atoms with E-state index in [4.69, 9.17) is 17.3 Å². The summed E-state index contributed by atoms with van der Waals surface area (Å²) in [7, 11) is 0. The SMILES string of the molecule is O=C(/C=C/c1ccc(F)cc1)NC(=S)Nc1cccc(C(=O)O)c1. The molecule has 7 heteroatoms. The van der Waals surface area contributed by atoms with Crippen LogP contribution in [0.2, 0.25) is 0 Å². The van der Waals surface area contributed by atoms with Crippen LogP contribution in [0.15, 0.2) is 54.6 Å². The third kappa shape index (κ3) is 5.29. The van der Waals surface area contributed by atoms with Gasteiger partial charge in [0.1, 0.15) is 5.82 Å². The van der Waals surface area contributed by atoms with Gasteiger partial charge in [0.2, 0.25) is 5.91 Å². The van der Waals surface area contributed by atoms with E-state index in [1.54, 1.807) is 12.1 Å². The topological polar surface area (TPSA) is 78.4 Å². The molecule has 0 aliphatic carbocycles. The summed E-state index contributed by atoms with van der Waals surface area (Å²) < 4.78 is 12.8. The Morgan fingerprint density at radius 3 is 2.50 bits per heavy atom. The maximum absolute atomic E-state index is 12.8. The number of hydrogen-bond donors (Lipinski definition) is 3. The number of halogens is 1. The molecule has 24 heavy (non-hydrogen) atoms. The number of aromatic carboxylic acids is 1. The number of carboxylic acids is 1. The summed E-state index contributed by atoms with van der Waals surface area (Å²) >= 11 is 5.00. The molecule has 0 saturated heterocycles. The van der Waals surface area contributed by atoms with Crippen LogP contribution in [0.1, 0.15) is 15.9 Å². The molecular weight excluding hydrogens is 331 g/mol. The third-order valence-electron chi connectivity index (χ3n) is 2.90. The zero-order valence-corrected chi connectivity index (χ0v) is 13.1. The predicted octanol–water partition coefficient (Wildman–Crippen LogP) is 3.05. The first kappa shape index (κ1) is 17.3. The van der Waals surface area contributed by atoms with Crippen LogP contribution >= 0.6 is 12.2 Å². The number of carbonyl (C=O) groups excluding carboxylic acids is 1. The number of nitrogens with one attached hydrogen (secondary N) is 2. The van der Waals surface area contributed by atoms with E-state index in [0.717, 1.165) is 0 Å². The number of rotatable bonds is 4. The van der Waals surface area contributed by atoms with Crippen molar-refractivity contribution in [3.63, 3.8) is 0 Å². The van der Waals surface area contributed by atoms with Gasteiger partial charge in [-0.15, -0.1) is 0 Å². The molecule has 0 unspecified atom stereocenters. The zero-order chi connectivity index (χ0) is 17.5. The second-order valence-electron chi connectivity index (χ2n) is 4.71. The van der Waals surface area contributed by atoms with Crippen molar-refractivity contribution < 1.29 is 19.1 Å². The highest BCUT2D eigenvalue weighted by molar-refractivity contribution is 7.80. The molecule has 0 aliphatic heterocycles. The maximum atomic E-state index is 12.8. The second-order valence-corrected chi connectivity index (χ2v) is 5.12. The van der Waals surface area contributed by atoms with Gasteiger partial charge in [-0.1, -0.05) is 18.2 Å². The standard InChI is InChI=1S/C17H13FN2O3S/c18-13-7-4-11(5-8-13)6-9-15(21)20-17(24)19-14-3-1-2-12(10-14)16(22)23/h1-10H,(H,22,23)(H2,19,20,21,24)/b9-6+. The van der Waals surface area contributed by atoms with Crippen LogP contribution < -0.4 is 10.6 Å². The lowest BCUT2D eigenvalue weighted by molar-refractivity contribution is -0.115. The highest BCUT2D eigenvalue weighted by Gasteiger charge is 2.05. The van der Waals surface area contributed by atoms with Crippen molar-refractivity contribution in [1.29, 1.82) is 0 Å². The minimum atomic E-state index is -1.06. The van der Waals surface area contributed by atoms with Crippen LogP contribution in [0, 0.1) is 5.82 Å². The highest BCUT2D eigenvalue weighted by atomic mass is 32.1. The molecule has 0 spiro atoms. The van der Waals surface area contributed by atoms with Gasteiger partial charge in [0.05, 0.1) is 5.56 Å². The highest BCUT2D eigenvalue weighted by Crippen LogP contribution is 2.10. The molecule has 2 aromatic carbocycles. The molecule has 0 aliphatic rings. The van der Waals surface area contributed by atoms with Crippen LogP contribution in [-0.2, 0) is 4.79 Å². The quantitative estimate of drug-likeness (QED) is 0.587. The van der Waals surface area contributed by atoms with Gasteiger partial charge in [-0.05, 0) is 54.2 Å². The van der Waals surface area contributed by atoms with Gasteiger partial charge in [-0.3, -0.25) is 10.1 Å². The number of amides is 1. The summed E-state index contributed by atoms with van der Waals surface area (Å²) in [6, 6.07) is 11.7. The van der Waals surface area contributed by atoms with Gasteiger partial charge in [-0.2, -0.15) is 0 Å². The zero-order valence-electron chi connectivity index (χ0n) is 12.3. The fraction of sp³-hybridized carbons (Fsp3) is 0. The number of thiocarbonyl (C=S) groups is 1. The molecule has 0 aromatic heterocycles. The van der Waals surface area contributed by atoms with E-state index >= 15 is 0 Å². The maximum Gasteiger partial charge on any atom is 0.335 e. The first-order chi connectivity index (χ1) is 11.4. The number of benzene rings is 2. The Kier molecular flexibility index (Phi) is 5.75. The van der Waals surface area contributed by atoms with Crippen molar-refractivity contribution >= 4 is 41.0 Å². The average molecular weight is 344 g/mol. The van der Waals surface area contributed by atoms with Gasteiger partial charge < -0.3 is 10.4 Å². The van der Waals surface area contributed by atoms with Crippen molar-refractivity contribution in [2.75, 3.05) is 5.32 Å². The molecule has 2 aromatic rings. The Bertz CT molecular complexity index is 804. The van der Waals surface area contributed by atoms with E-state index in [0.29, 0.717) is 11.3 Å². The number of carbonyl (C=O) groups is 2. The van der Waals surface area contributed by atoms with Crippen LogP contribution in [0.3, 0.4) is 0 Å². The second kappa shape index (κ2) is 7.98. The van der Waals surface area contributed by atoms with Gasteiger partial charge in [-0.25, -0.2) is 9.18 Å². The number of carboxylic acid groups (broad SMARTS) is 1. The summed E-state index contributed by atoms with van der Waals surface area (Å²) in [5.74, 6) is -1.88. The van der Waals surface area contributed by atoms with E-state index in [1.807, 2.05) is 0 Å². The lowest BCUT2D eigenvalue weighted by Crippen LogP contribution is -2.32. The molecule has 2 rings (SSSR count). The smallest absolute Gasteiger partial charge is 0.335 e. The Hall–Kier alpha value is -3.06. The molecule has 0 saturated carbocycles. The van der Waals surface area contributed by atoms with Gasteiger partial charge >= 0.3 is 5.97 Å². The molecule has 0 heterocycles. The monoisotopic (exact) mass is 344 g/mol. The minimum absolute atomic E-state index is 0.0336. The van der Waals surface area contributed by atoms with E-state index in [9.17, 15) is 14.0 Å². The minimum Gasteiger partial charge on any atom is -0.478 e. The molecule has 3 N–H and O–H groups in total. The fourth-order valence-corrected chi connectivity index (χ4v) is 2.01. The third-order valence-corrected chi connectivity index (χ3v) is 3.11. The van der Waals surface area contributed by atoms with Crippen molar-refractivity contribution in [1.82, 2.24) is 5.32 Å². The first-order valence-corrected chi connectivity index (χ1v) is 7.24. The van der Waals surface area contributed by atoms with Gasteiger partial charge in [0.25, 0.3) is 0 Å². The normalized spacial score (nSPS) is 10.4. The Balaban J connectivity index is 1.92. The molecule has 0 atom stereocenters. The van der Waals surface area contributed by atoms with E-state index in [2.05, 4.69) is 10.6 Å². The Labute approximate surface area is 142 Å². The van der Waals surface area contributed by atoms with Crippen molar-refractivity contribution in [2.45, 2.75) is 0 Å². The number of anilines is 1. The van der Waals surface area contributed by atoms with Crippen molar-refractivity contribution in [3.8, 4) is 0 Å². The molecule has 0 radical (unpaired) electrons. The lowest BCUT2D eigenvalue weighted by atomic mass is 10.2. The van der Waals surface area contributed by atoms with Crippen molar-refractivity contribution in [2.24, 2.45) is 0 Å². The largest absolute Gasteiger partial charge is 0.478 e. The lowest BCUT2D eigenvalue weighted by Gasteiger charge is -2.08. The molecular formula is C17H13FN2O3S. The summed E-state index contributed by atoms with van der Waals surface area (Å²) in [5, 5.41) is 14.1. The van der Waals surface area contributed by atoms with E-state index in [-0.39, 0.29) is 16.5 Å². The summed E-state index contributed by atoms with van der Waals surface area (Å²) in [5.41, 5.74) is 1.22. The molecule has 0 bridgehead atoms. The first-order valence-electron chi connectivity index (χ1n) is 6.83. The summed E-state index contributed by atoms with van der Waals surface area (Å²) in [6.45, 7) is 0. The van der Waals surface area contributed by atoms with Crippen molar-refractivity contribution in [3.05, 3.63) is 71.6 Å². The number of hydrogen-bond acceptors (Lipinski definition) is 3. The van der Waals surface area contributed by atoms with Gasteiger partial charge in [0, 0.05) is 11.8 Å². The van der Waals surface area contributed by atoms with E-state index < -0.39 is 11.9 Å². The average Bonchev–Trinajstić information content (AvgIpc) is 2.54. The van der Waals surface area contributed by atoms with Crippen LogP contribution in [-0.4, -0.2) is 22.1 Å². The summed E-state index contributed by atoms with van der Waals surface area (Å²) in [6.07, 6.45) is 2.78. The molecule has 0 fully saturated rings. The van der Waals surface area contributed by atoms with Crippen LogP contribution in [0.25, 0.3) is 6.08 Å². The summed E-state index contributed by atoms with van der Waals surface area (Å²) in [4.78, 5) is 22.7. The molecule has 5 nitrogen and oxygen atoms in total. The predicted molar refractivity (Wildman–Crippen MR) is 93.2 cm³/mol. The Morgan fingerprint density at radius 1 is 1.12 bits per heavy atom. The fourth-order valence-electron chi connectivity index (χ4n) is 1.79. The van der Waals surface area contributed by atoms with E-state index in [1.165, 1.54) is 48.6 Å². The van der Waals surface area contributed by atoms with Crippen LogP contribution in [0.5, 0.6) is 0 Å². The Morgan fingerprint density at radius 2 is 1.83 bits per heavy atom. The molecule has 1 amide bonds. The van der Waals surface area contributed by atoms with Crippen LogP contribution in [0.4, 0.5) is 10.1 Å². The molecule has 122 valence electrons. The van der Waals surface area contributed by atoms with Gasteiger partial charge in [0.15, 0.2) is 5.11 Å².